The number of carbonyl (C=O) groups excluding carboxylic acids is 1. The van der Waals surface area contributed by atoms with E-state index >= 15 is 0 Å². The van der Waals surface area contributed by atoms with Gasteiger partial charge in [0, 0.05) is 13.6 Å². The van der Waals surface area contributed by atoms with Crippen molar-refractivity contribution in [3.05, 3.63) is 23.3 Å². The third kappa shape index (κ3) is 1.90. The molecule has 1 aromatic carbocycles. The monoisotopic (exact) mass is 232 g/mol. The van der Waals surface area contributed by atoms with Crippen LogP contribution in [0.25, 0.3) is 0 Å². The molecule has 3 nitrogen and oxygen atoms in total. The molecule has 0 unspecified atom stereocenters. The molecule has 0 aliphatic carbocycles. The van der Waals surface area contributed by atoms with Crippen LogP contribution in [0.2, 0.25) is 0 Å². The molecule has 3 heteroatoms. The molecule has 0 atom stereocenters. The van der Waals surface area contributed by atoms with Crippen LogP contribution in [-0.2, 0) is 4.79 Å². The molecule has 92 valence electrons. The number of hydrogen-bond acceptors (Lipinski definition) is 2. The number of fused-ring (bicyclic) bond motifs is 1. The van der Waals surface area contributed by atoms with Crippen LogP contribution < -0.4 is 10.2 Å². The molecule has 0 saturated heterocycles. The van der Waals surface area contributed by atoms with Crippen LogP contribution in [0.15, 0.2) is 12.1 Å². The fourth-order valence-corrected chi connectivity index (χ4v) is 2.49. The number of nitrogens with one attached hydrogen (secondary N) is 1. The molecule has 1 aliphatic rings. The average Bonchev–Trinajstić information content (AvgIpc) is 2.30. The van der Waals surface area contributed by atoms with Crippen molar-refractivity contribution < 1.29 is 4.79 Å². The number of benzene rings is 1. The molecule has 1 aliphatic heterocycles. The zero-order valence-corrected chi connectivity index (χ0v) is 11.2. The second kappa shape index (κ2) is 3.76. The third-order valence-corrected chi connectivity index (χ3v) is 3.38. The molecule has 0 saturated carbocycles. The molecule has 0 fully saturated rings. The predicted molar refractivity (Wildman–Crippen MR) is 71.6 cm³/mol. The fraction of sp³-hybridized carbons (Fsp3) is 0.500. The number of amides is 1. The molecule has 1 aromatic rings. The van der Waals surface area contributed by atoms with E-state index in [4.69, 9.17) is 0 Å². The highest BCUT2D eigenvalue weighted by Gasteiger charge is 2.35. The highest BCUT2D eigenvalue weighted by Crippen LogP contribution is 2.36. The van der Waals surface area contributed by atoms with Gasteiger partial charge in [-0.1, -0.05) is 6.07 Å². The Morgan fingerprint density at radius 3 is 2.59 bits per heavy atom. The molecular formula is C14H20N2O. The van der Waals surface area contributed by atoms with Crippen molar-refractivity contribution in [1.82, 2.24) is 0 Å². The van der Waals surface area contributed by atoms with Crippen molar-refractivity contribution in [1.29, 1.82) is 0 Å². The minimum atomic E-state index is -0.367. The molecule has 0 bridgehead atoms. The quantitative estimate of drug-likeness (QED) is 0.746. The molecule has 1 N–H and O–H groups in total. The Kier molecular flexibility index (Phi) is 2.64. The number of carbonyl (C=O) groups is 1. The molecule has 0 aromatic heterocycles. The van der Waals surface area contributed by atoms with Crippen LogP contribution in [0.4, 0.5) is 11.4 Å². The first-order chi connectivity index (χ1) is 7.83. The van der Waals surface area contributed by atoms with E-state index in [1.54, 1.807) is 4.90 Å². The Bertz CT molecular complexity index is 477. The predicted octanol–water partition coefficient (Wildman–Crippen LogP) is 2.72. The molecule has 0 radical (unpaired) electrons. The second-order valence-electron chi connectivity index (χ2n) is 5.58. The van der Waals surface area contributed by atoms with Gasteiger partial charge in [0.1, 0.15) is 0 Å². The highest BCUT2D eigenvalue weighted by molar-refractivity contribution is 6.02. The van der Waals surface area contributed by atoms with Gasteiger partial charge in [-0.3, -0.25) is 4.79 Å². The Hall–Kier alpha value is -1.51. The van der Waals surface area contributed by atoms with Crippen LogP contribution in [0.3, 0.4) is 0 Å². The topological polar surface area (TPSA) is 32.3 Å². The van der Waals surface area contributed by atoms with Gasteiger partial charge in [-0.05, 0) is 44.9 Å². The first kappa shape index (κ1) is 12.0. The van der Waals surface area contributed by atoms with Crippen molar-refractivity contribution in [3.63, 3.8) is 0 Å². The number of nitrogens with zero attached hydrogens (tertiary/aromatic N) is 1. The normalized spacial score (nSPS) is 18.4. The maximum atomic E-state index is 12.4. The Balaban J connectivity index is 2.59. The van der Waals surface area contributed by atoms with Gasteiger partial charge >= 0.3 is 0 Å². The lowest BCUT2D eigenvalue weighted by molar-refractivity contribution is -0.125. The summed E-state index contributed by atoms with van der Waals surface area (Å²) in [7, 11) is 1.86. The van der Waals surface area contributed by atoms with Gasteiger partial charge in [0.15, 0.2) is 0 Å². The maximum absolute atomic E-state index is 12.4. The lowest BCUT2D eigenvalue weighted by Gasteiger charge is -2.26. The largest absolute Gasteiger partial charge is 0.382 e. The van der Waals surface area contributed by atoms with Gasteiger partial charge in [0.2, 0.25) is 5.91 Å². The summed E-state index contributed by atoms with van der Waals surface area (Å²) >= 11 is 0. The minimum Gasteiger partial charge on any atom is -0.382 e. The van der Waals surface area contributed by atoms with Gasteiger partial charge in [0.25, 0.3) is 0 Å². The summed E-state index contributed by atoms with van der Waals surface area (Å²) in [5.41, 5.74) is 4.05. The number of hydrogen-bond donors (Lipinski definition) is 1. The van der Waals surface area contributed by atoms with Crippen molar-refractivity contribution in [3.8, 4) is 0 Å². The summed E-state index contributed by atoms with van der Waals surface area (Å²) < 4.78 is 0. The summed E-state index contributed by atoms with van der Waals surface area (Å²) in [6.45, 7) is 8.76. The SMILES string of the molecule is Cc1cc(C)c2c(c1)NCC(C)(C)C(=O)N2C. The van der Waals surface area contributed by atoms with Crippen molar-refractivity contribution in [2.45, 2.75) is 27.7 Å². The smallest absolute Gasteiger partial charge is 0.234 e. The van der Waals surface area contributed by atoms with Gasteiger partial charge < -0.3 is 10.2 Å². The maximum Gasteiger partial charge on any atom is 0.234 e. The van der Waals surface area contributed by atoms with Gasteiger partial charge in [0.05, 0.1) is 16.8 Å². The van der Waals surface area contributed by atoms with E-state index in [1.807, 2.05) is 20.9 Å². The number of anilines is 2. The summed E-state index contributed by atoms with van der Waals surface area (Å²) in [6.07, 6.45) is 0. The van der Waals surface area contributed by atoms with Gasteiger partial charge in [-0.15, -0.1) is 0 Å². The van der Waals surface area contributed by atoms with E-state index < -0.39 is 0 Å². The minimum absolute atomic E-state index is 0.163. The van der Waals surface area contributed by atoms with E-state index in [0.29, 0.717) is 6.54 Å². The van der Waals surface area contributed by atoms with Gasteiger partial charge in [-0.25, -0.2) is 0 Å². The summed E-state index contributed by atoms with van der Waals surface area (Å²) in [6, 6.07) is 4.22. The van der Waals surface area contributed by atoms with E-state index in [0.717, 1.165) is 16.9 Å². The zero-order valence-electron chi connectivity index (χ0n) is 11.2. The number of rotatable bonds is 0. The van der Waals surface area contributed by atoms with Gasteiger partial charge in [-0.2, -0.15) is 0 Å². The molecule has 2 rings (SSSR count). The van der Waals surface area contributed by atoms with E-state index in [2.05, 4.69) is 31.3 Å². The number of aryl methyl sites for hydroxylation is 2. The van der Waals surface area contributed by atoms with Crippen LogP contribution in [0.5, 0.6) is 0 Å². The standard InChI is InChI=1S/C14H20N2O/c1-9-6-10(2)12-11(7-9)15-8-14(3,4)13(17)16(12)5/h6-7,15H,8H2,1-5H3. The van der Waals surface area contributed by atoms with E-state index in [-0.39, 0.29) is 11.3 Å². The second-order valence-corrected chi connectivity index (χ2v) is 5.58. The molecule has 17 heavy (non-hydrogen) atoms. The van der Waals surface area contributed by atoms with Crippen LogP contribution in [-0.4, -0.2) is 19.5 Å². The fourth-order valence-electron chi connectivity index (χ4n) is 2.49. The third-order valence-electron chi connectivity index (χ3n) is 3.38. The lowest BCUT2D eigenvalue weighted by Crippen LogP contribution is -2.40. The Morgan fingerprint density at radius 2 is 1.94 bits per heavy atom. The van der Waals surface area contributed by atoms with Crippen molar-refractivity contribution >= 4 is 17.3 Å². The van der Waals surface area contributed by atoms with Crippen LogP contribution in [0, 0.1) is 19.3 Å². The first-order valence-corrected chi connectivity index (χ1v) is 5.96. The summed E-state index contributed by atoms with van der Waals surface area (Å²) in [4.78, 5) is 14.1. The highest BCUT2D eigenvalue weighted by atomic mass is 16.2. The van der Waals surface area contributed by atoms with E-state index in [1.165, 1.54) is 5.56 Å². The average molecular weight is 232 g/mol. The first-order valence-electron chi connectivity index (χ1n) is 5.96. The van der Waals surface area contributed by atoms with Crippen LogP contribution >= 0.6 is 0 Å². The Labute approximate surface area is 103 Å². The van der Waals surface area contributed by atoms with Crippen molar-refractivity contribution in [2.24, 2.45) is 5.41 Å². The molecule has 1 amide bonds. The summed E-state index contributed by atoms with van der Waals surface area (Å²) in [5.74, 6) is 0.163. The molecular weight excluding hydrogens is 212 g/mol. The summed E-state index contributed by atoms with van der Waals surface area (Å²) in [5, 5.41) is 3.40. The van der Waals surface area contributed by atoms with Crippen molar-refractivity contribution in [2.75, 3.05) is 23.8 Å². The lowest BCUT2D eigenvalue weighted by atomic mass is 9.92. The Morgan fingerprint density at radius 1 is 1.29 bits per heavy atom. The zero-order chi connectivity index (χ0) is 12.8. The van der Waals surface area contributed by atoms with E-state index in [9.17, 15) is 4.79 Å². The molecule has 1 heterocycles. The van der Waals surface area contributed by atoms with Crippen LogP contribution in [0.1, 0.15) is 25.0 Å². The molecule has 0 spiro atoms.